The highest BCUT2D eigenvalue weighted by Gasteiger charge is 2.51. The van der Waals surface area contributed by atoms with E-state index in [0.29, 0.717) is 5.71 Å². The van der Waals surface area contributed by atoms with Crippen molar-refractivity contribution in [2.75, 3.05) is 0 Å². The van der Waals surface area contributed by atoms with Gasteiger partial charge in [-0.25, -0.2) is 0 Å². The molecule has 78 heavy (non-hydrogen) atoms. The molecule has 15 rings (SSSR count). The van der Waals surface area contributed by atoms with Gasteiger partial charge in [-0.2, -0.15) is 0 Å². The predicted molar refractivity (Wildman–Crippen MR) is 339 cm³/mol. The molecule has 368 valence electrons. The van der Waals surface area contributed by atoms with Crippen LogP contribution in [0, 0.1) is 5.41 Å². The van der Waals surface area contributed by atoms with E-state index in [0.717, 1.165) is 48.9 Å². The number of hydrogen-bond acceptors (Lipinski definition) is 1. The summed E-state index contributed by atoms with van der Waals surface area (Å²) in [5, 5.41) is 26.3. The first-order chi connectivity index (χ1) is 38.2. The summed E-state index contributed by atoms with van der Waals surface area (Å²) in [7, 11) is 0. The van der Waals surface area contributed by atoms with Crippen molar-refractivity contribution in [2.24, 2.45) is 0 Å². The molecule has 0 fully saturated rings. The summed E-state index contributed by atoms with van der Waals surface area (Å²) in [5.74, 6) is 0. The maximum atomic E-state index is 9.56. The van der Waals surface area contributed by atoms with Gasteiger partial charge in [-0.1, -0.05) is 251 Å². The first kappa shape index (κ1) is 47.7. The molecular weight excluding hydrogens is 939 g/mol. The summed E-state index contributed by atoms with van der Waals surface area (Å²) >= 11 is 0. The molecule has 1 N–H and O–H groups in total. The van der Waals surface area contributed by atoms with Gasteiger partial charge < -0.3 is 5.41 Å². The highest BCUT2D eigenvalue weighted by Crippen LogP contribution is 2.62. The highest BCUT2D eigenvalue weighted by atomic mass is 14.5. The largest absolute Gasteiger partial charge is 0.300 e. The van der Waals surface area contributed by atoms with Crippen LogP contribution in [0.25, 0.3) is 123 Å². The minimum Gasteiger partial charge on any atom is -0.300 e. The Morgan fingerprint density at radius 3 is 1.44 bits per heavy atom. The molecule has 1 spiro atoms. The number of fused-ring (bicyclic) bond motifs is 13. The SMILES string of the molecule is C=C(/C=C\C(=N)c1ccc2c(c1)C1(c3ccccc3-c3ccccc31)c1ccccc1-2)c1c2ccccc2c(-c2cc3ccc4cccc5ccc(c2)c3c45)c2ccccc12.C=CC.C=Cc1cccc2ccc(=C)c(=C)c12. The molecule has 2 aliphatic rings. The molecule has 13 aromatic carbocycles. The zero-order valence-corrected chi connectivity index (χ0v) is 43.7. The zero-order valence-electron chi connectivity index (χ0n) is 43.7. The van der Waals surface area contributed by atoms with E-state index in [2.05, 4.69) is 233 Å². The average Bonchev–Trinajstić information content (AvgIpc) is 4.18. The standard InChI is InChI=1S/C60H37N.C14H12.C3H6/c1-36(25-32-55(61)39-30-31-46-45-17-8-11-24-53(45)60(54(46)35-39)51-22-9-6-15-43(51)44-16-7-10-23-52(44)60)56-47-18-2-4-20-49(47)59(50-21-5-3-19-48(50)56)42-33-40-28-26-37-13-12-14-38-27-29-41(34-42)58(40)57(37)38;1-4-12-6-5-7-13-9-8-10(2)11(3)14(12)13;1-3-2/h2-35,61H,1H2;4-9H,1-3H2;3H,1H2,2H3/b32-25-,61-55?;;. The maximum Gasteiger partial charge on any atom is 0.0725 e. The number of allylic oxidation sites excluding steroid dienone is 4. The minimum absolute atomic E-state index is 0.446. The van der Waals surface area contributed by atoms with Gasteiger partial charge in [0.2, 0.25) is 0 Å². The second-order valence-electron chi connectivity index (χ2n) is 20.5. The molecular formula is C77H55N. The summed E-state index contributed by atoms with van der Waals surface area (Å²) in [6, 6.07) is 81.3. The van der Waals surface area contributed by atoms with Crippen molar-refractivity contribution < 1.29 is 0 Å². The van der Waals surface area contributed by atoms with Gasteiger partial charge in [0.05, 0.1) is 11.1 Å². The molecule has 0 saturated carbocycles. The van der Waals surface area contributed by atoms with Crippen LogP contribution in [0.5, 0.6) is 0 Å². The van der Waals surface area contributed by atoms with E-state index >= 15 is 0 Å². The Balaban J connectivity index is 0.000000293. The summed E-state index contributed by atoms with van der Waals surface area (Å²) in [4.78, 5) is 0. The lowest BCUT2D eigenvalue weighted by Crippen LogP contribution is -2.26. The Morgan fingerprint density at radius 1 is 0.436 bits per heavy atom. The predicted octanol–water partition coefficient (Wildman–Crippen LogP) is 19.0. The van der Waals surface area contributed by atoms with E-state index in [-0.39, 0.29) is 0 Å². The first-order valence-corrected chi connectivity index (χ1v) is 26.7. The van der Waals surface area contributed by atoms with Gasteiger partial charge in [0.1, 0.15) is 0 Å². The second-order valence-corrected chi connectivity index (χ2v) is 20.5. The molecule has 13 aromatic rings. The molecule has 0 unspecified atom stereocenters. The number of benzene rings is 13. The second kappa shape index (κ2) is 19.0. The van der Waals surface area contributed by atoms with Crippen LogP contribution >= 0.6 is 0 Å². The molecule has 0 radical (unpaired) electrons. The number of hydrogen-bond donors (Lipinski definition) is 1. The third-order valence-electron chi connectivity index (χ3n) is 16.3. The average molecular weight is 994 g/mol. The van der Waals surface area contributed by atoms with Crippen molar-refractivity contribution in [1.29, 1.82) is 5.41 Å². The molecule has 1 heteroatoms. The summed E-state index contributed by atoms with van der Waals surface area (Å²) in [6.07, 6.45) is 7.59. The van der Waals surface area contributed by atoms with Gasteiger partial charge in [0.15, 0.2) is 0 Å². The number of rotatable bonds is 6. The zero-order chi connectivity index (χ0) is 53.2. The van der Waals surface area contributed by atoms with Crippen LogP contribution < -0.4 is 10.4 Å². The Hall–Kier alpha value is -9.95. The minimum atomic E-state index is -0.446. The quantitative estimate of drug-likeness (QED) is 0.0564. The van der Waals surface area contributed by atoms with Crippen molar-refractivity contribution in [3.63, 3.8) is 0 Å². The Labute approximate surface area is 455 Å². The van der Waals surface area contributed by atoms with E-state index < -0.39 is 5.41 Å². The lowest BCUT2D eigenvalue weighted by Gasteiger charge is -2.30. The normalized spacial score (nSPS) is 12.5. The van der Waals surface area contributed by atoms with Gasteiger partial charge in [-0.05, 0) is 184 Å². The fourth-order valence-electron chi connectivity index (χ4n) is 13.0. The summed E-state index contributed by atoms with van der Waals surface area (Å²) in [6.45, 7) is 21.7. The Morgan fingerprint density at radius 2 is 0.885 bits per heavy atom. The van der Waals surface area contributed by atoms with Crippen LogP contribution in [-0.2, 0) is 5.41 Å². The van der Waals surface area contributed by atoms with E-state index in [9.17, 15) is 5.41 Å². The van der Waals surface area contributed by atoms with Gasteiger partial charge in [-0.15, -0.1) is 6.58 Å². The van der Waals surface area contributed by atoms with Crippen LogP contribution in [0.2, 0.25) is 0 Å². The molecule has 0 saturated heterocycles. The van der Waals surface area contributed by atoms with Gasteiger partial charge >= 0.3 is 0 Å². The van der Waals surface area contributed by atoms with Crippen molar-refractivity contribution in [1.82, 2.24) is 0 Å². The van der Waals surface area contributed by atoms with E-state index in [1.165, 1.54) is 104 Å². The lowest BCUT2D eigenvalue weighted by molar-refractivity contribution is 0.793. The Kier molecular flexibility index (Phi) is 11.6. The van der Waals surface area contributed by atoms with Crippen LogP contribution in [-0.4, -0.2) is 5.71 Å². The smallest absolute Gasteiger partial charge is 0.0725 e. The van der Waals surface area contributed by atoms with Crippen LogP contribution in [0.4, 0.5) is 0 Å². The highest BCUT2D eigenvalue weighted by molar-refractivity contribution is 6.26. The maximum absolute atomic E-state index is 9.56. The van der Waals surface area contributed by atoms with E-state index in [4.69, 9.17) is 6.58 Å². The van der Waals surface area contributed by atoms with Gasteiger partial charge in [0.25, 0.3) is 0 Å². The topological polar surface area (TPSA) is 23.9 Å². The Bertz CT molecular complexity index is 4630. The van der Waals surface area contributed by atoms with Crippen molar-refractivity contribution >= 4 is 95.2 Å². The van der Waals surface area contributed by atoms with E-state index in [1.54, 1.807) is 6.08 Å². The lowest BCUT2D eigenvalue weighted by atomic mass is 9.70. The molecule has 0 aromatic heterocycles. The van der Waals surface area contributed by atoms with Crippen molar-refractivity contribution in [2.45, 2.75) is 12.3 Å². The van der Waals surface area contributed by atoms with Crippen LogP contribution in [0.1, 0.15) is 45.9 Å². The molecule has 1 nitrogen and oxygen atoms in total. The van der Waals surface area contributed by atoms with E-state index in [1.807, 2.05) is 43.4 Å². The fraction of sp³-hybridized carbons (Fsp3) is 0.0260. The van der Waals surface area contributed by atoms with Gasteiger partial charge in [0, 0.05) is 0 Å². The molecule has 0 bridgehead atoms. The summed E-state index contributed by atoms with van der Waals surface area (Å²) in [5.41, 5.74) is 16.6. The van der Waals surface area contributed by atoms with Gasteiger partial charge in [-0.3, -0.25) is 0 Å². The molecule has 0 amide bonds. The third-order valence-corrected chi connectivity index (χ3v) is 16.3. The van der Waals surface area contributed by atoms with Crippen LogP contribution in [0.15, 0.2) is 262 Å². The third kappa shape index (κ3) is 7.27. The molecule has 2 aliphatic carbocycles. The first-order valence-electron chi connectivity index (χ1n) is 26.7. The van der Waals surface area contributed by atoms with Crippen molar-refractivity contribution in [3.05, 3.63) is 312 Å². The molecule has 0 heterocycles. The monoisotopic (exact) mass is 993 g/mol. The summed E-state index contributed by atoms with van der Waals surface area (Å²) < 4.78 is 0. The molecule has 0 aliphatic heterocycles. The fourth-order valence-corrected chi connectivity index (χ4v) is 13.0. The number of nitrogens with one attached hydrogen (secondary N) is 1. The van der Waals surface area contributed by atoms with Crippen LogP contribution in [0.3, 0.4) is 0 Å². The van der Waals surface area contributed by atoms with Crippen molar-refractivity contribution in [3.8, 4) is 33.4 Å². The molecule has 0 atom stereocenters.